The van der Waals surface area contributed by atoms with Gasteiger partial charge in [-0.25, -0.2) is 4.68 Å². The Balaban J connectivity index is 2.63. The third-order valence-electron chi connectivity index (χ3n) is 2.72. The van der Waals surface area contributed by atoms with E-state index in [9.17, 15) is 0 Å². The van der Waals surface area contributed by atoms with Gasteiger partial charge in [-0.3, -0.25) is 0 Å². The van der Waals surface area contributed by atoms with E-state index in [1.54, 1.807) is 0 Å². The van der Waals surface area contributed by atoms with Crippen LogP contribution in [0.4, 0.5) is 0 Å². The Bertz CT molecular complexity index is 339. The van der Waals surface area contributed by atoms with Gasteiger partial charge in [0.25, 0.3) is 0 Å². The van der Waals surface area contributed by atoms with Crippen LogP contribution in [0, 0.1) is 5.92 Å². The Morgan fingerprint density at radius 3 is 2.61 bits per heavy atom. The lowest BCUT2D eigenvalue weighted by Gasteiger charge is -2.18. The molecule has 1 N–H and O–H groups in total. The van der Waals surface area contributed by atoms with Crippen LogP contribution in [-0.2, 0) is 0 Å². The van der Waals surface area contributed by atoms with Gasteiger partial charge >= 0.3 is 0 Å². The van der Waals surface area contributed by atoms with Crippen LogP contribution in [0.2, 0.25) is 0 Å². The number of rotatable bonds is 8. The summed E-state index contributed by atoms with van der Waals surface area (Å²) in [6.07, 6.45) is 0. The maximum Gasteiger partial charge on any atom is 0.168 e. The Hall–Kier alpha value is -0.620. The number of thioether (sulfide) groups is 1. The molecule has 6 heteroatoms. The van der Waals surface area contributed by atoms with Gasteiger partial charge in [-0.15, -0.1) is 5.10 Å². The van der Waals surface area contributed by atoms with E-state index in [1.807, 2.05) is 16.4 Å². The third-order valence-corrected chi connectivity index (χ3v) is 3.84. The highest BCUT2D eigenvalue weighted by Gasteiger charge is 2.18. The Morgan fingerprint density at radius 1 is 1.28 bits per heavy atom. The summed E-state index contributed by atoms with van der Waals surface area (Å²) in [4.78, 5) is 0. The molecular weight excluding hydrogens is 246 g/mol. The Labute approximate surface area is 114 Å². The van der Waals surface area contributed by atoms with Crippen molar-refractivity contribution in [2.24, 2.45) is 5.92 Å². The molecule has 18 heavy (non-hydrogen) atoms. The normalized spacial score (nSPS) is 15.0. The first-order valence-corrected chi connectivity index (χ1v) is 7.80. The topological polar surface area (TPSA) is 55.6 Å². The summed E-state index contributed by atoms with van der Waals surface area (Å²) in [7, 11) is 0. The van der Waals surface area contributed by atoms with Crippen molar-refractivity contribution in [2.75, 3.05) is 18.1 Å². The van der Waals surface area contributed by atoms with Crippen LogP contribution in [-0.4, -0.2) is 38.3 Å². The average molecular weight is 271 g/mol. The number of tetrazole rings is 1. The van der Waals surface area contributed by atoms with Gasteiger partial charge in [0.15, 0.2) is 5.82 Å². The number of nitrogens with zero attached hydrogens (tertiary/aromatic N) is 4. The lowest BCUT2D eigenvalue weighted by molar-refractivity contribution is 0.432. The predicted octanol–water partition coefficient (Wildman–Crippen LogP) is 2.29. The fourth-order valence-electron chi connectivity index (χ4n) is 1.66. The predicted molar refractivity (Wildman–Crippen MR) is 76.8 cm³/mol. The van der Waals surface area contributed by atoms with Crippen molar-refractivity contribution in [2.45, 2.75) is 46.7 Å². The number of hydrogen-bond donors (Lipinski definition) is 1. The van der Waals surface area contributed by atoms with E-state index in [0.29, 0.717) is 12.0 Å². The summed E-state index contributed by atoms with van der Waals surface area (Å²) < 4.78 is 1.95. The van der Waals surface area contributed by atoms with Gasteiger partial charge in [0.05, 0.1) is 12.1 Å². The minimum atomic E-state index is 0.191. The second-order valence-electron chi connectivity index (χ2n) is 5.01. The first-order valence-electron chi connectivity index (χ1n) is 6.65. The molecule has 0 aliphatic rings. The van der Waals surface area contributed by atoms with E-state index in [-0.39, 0.29) is 6.04 Å². The van der Waals surface area contributed by atoms with Crippen LogP contribution >= 0.6 is 11.8 Å². The van der Waals surface area contributed by atoms with Crippen LogP contribution in [0.15, 0.2) is 0 Å². The first-order chi connectivity index (χ1) is 8.56. The van der Waals surface area contributed by atoms with Gasteiger partial charge < -0.3 is 5.32 Å². The summed E-state index contributed by atoms with van der Waals surface area (Å²) in [5, 5.41) is 15.6. The van der Waals surface area contributed by atoms with Crippen molar-refractivity contribution in [3.8, 4) is 0 Å². The summed E-state index contributed by atoms with van der Waals surface area (Å²) >= 11 is 1.92. The highest BCUT2D eigenvalue weighted by molar-refractivity contribution is 7.99. The van der Waals surface area contributed by atoms with E-state index in [1.165, 1.54) is 0 Å². The molecule has 1 aromatic rings. The van der Waals surface area contributed by atoms with Gasteiger partial charge in [0.2, 0.25) is 0 Å². The molecule has 104 valence electrons. The van der Waals surface area contributed by atoms with Crippen molar-refractivity contribution >= 4 is 11.8 Å². The Morgan fingerprint density at radius 2 is 2.00 bits per heavy atom. The molecule has 1 heterocycles. The van der Waals surface area contributed by atoms with Crippen LogP contribution in [0.25, 0.3) is 0 Å². The van der Waals surface area contributed by atoms with Crippen LogP contribution in [0.5, 0.6) is 0 Å². The van der Waals surface area contributed by atoms with E-state index in [2.05, 4.69) is 55.5 Å². The third kappa shape index (κ3) is 4.57. The molecule has 0 saturated heterocycles. The maximum absolute atomic E-state index is 4.15. The average Bonchev–Trinajstić information content (AvgIpc) is 2.82. The van der Waals surface area contributed by atoms with Gasteiger partial charge in [0.1, 0.15) is 0 Å². The molecule has 1 rings (SSSR count). The standard InChI is InChI=1S/C12H25N5S/c1-6-18-8-10(4)17-12(14-15-16-17)11(5)13-7-9(2)3/h9-11,13H,6-8H2,1-5H3. The maximum atomic E-state index is 4.15. The van der Waals surface area contributed by atoms with Gasteiger partial charge in [-0.05, 0) is 42.5 Å². The highest BCUT2D eigenvalue weighted by atomic mass is 32.2. The second-order valence-corrected chi connectivity index (χ2v) is 6.33. The minimum absolute atomic E-state index is 0.191. The smallest absolute Gasteiger partial charge is 0.168 e. The summed E-state index contributed by atoms with van der Waals surface area (Å²) in [5.41, 5.74) is 0. The Kier molecular flexibility index (Phi) is 6.63. The fourth-order valence-corrected chi connectivity index (χ4v) is 2.38. The molecule has 0 saturated carbocycles. The molecule has 2 unspecified atom stereocenters. The molecule has 1 aromatic heterocycles. The van der Waals surface area contributed by atoms with Crippen molar-refractivity contribution in [1.29, 1.82) is 0 Å². The zero-order chi connectivity index (χ0) is 13.5. The molecule has 0 aliphatic carbocycles. The second kappa shape index (κ2) is 7.74. The minimum Gasteiger partial charge on any atom is -0.307 e. The van der Waals surface area contributed by atoms with Crippen molar-refractivity contribution in [3.63, 3.8) is 0 Å². The highest BCUT2D eigenvalue weighted by Crippen LogP contribution is 2.17. The monoisotopic (exact) mass is 271 g/mol. The van der Waals surface area contributed by atoms with Crippen LogP contribution in [0.1, 0.15) is 52.5 Å². The molecular formula is C12H25N5S. The van der Waals surface area contributed by atoms with Gasteiger partial charge in [-0.1, -0.05) is 20.8 Å². The molecule has 0 aromatic carbocycles. The lowest BCUT2D eigenvalue weighted by Crippen LogP contribution is -2.27. The summed E-state index contributed by atoms with van der Waals surface area (Å²) in [6, 6.07) is 0.528. The van der Waals surface area contributed by atoms with E-state index >= 15 is 0 Å². The number of hydrogen-bond acceptors (Lipinski definition) is 5. The van der Waals surface area contributed by atoms with E-state index in [4.69, 9.17) is 0 Å². The number of nitrogens with one attached hydrogen (secondary N) is 1. The zero-order valence-corrected chi connectivity index (χ0v) is 12.9. The molecule has 0 spiro atoms. The fraction of sp³-hybridized carbons (Fsp3) is 0.917. The number of aromatic nitrogens is 4. The van der Waals surface area contributed by atoms with E-state index in [0.717, 1.165) is 23.9 Å². The zero-order valence-electron chi connectivity index (χ0n) is 12.1. The largest absolute Gasteiger partial charge is 0.307 e. The molecule has 0 bridgehead atoms. The lowest BCUT2D eigenvalue weighted by atomic mass is 10.2. The van der Waals surface area contributed by atoms with Crippen LogP contribution in [0.3, 0.4) is 0 Å². The van der Waals surface area contributed by atoms with E-state index < -0.39 is 0 Å². The van der Waals surface area contributed by atoms with Crippen molar-refractivity contribution in [3.05, 3.63) is 5.82 Å². The molecule has 0 amide bonds. The van der Waals surface area contributed by atoms with Crippen molar-refractivity contribution < 1.29 is 0 Å². The summed E-state index contributed by atoms with van der Waals surface area (Å²) in [6.45, 7) is 11.8. The SMILES string of the molecule is CCSCC(C)n1nnnc1C(C)NCC(C)C. The quantitative estimate of drug-likeness (QED) is 0.786. The van der Waals surface area contributed by atoms with Crippen LogP contribution < -0.4 is 5.32 Å². The van der Waals surface area contributed by atoms with Gasteiger partial charge in [-0.2, -0.15) is 11.8 Å². The van der Waals surface area contributed by atoms with Gasteiger partial charge in [0, 0.05) is 5.75 Å². The molecule has 2 atom stereocenters. The molecule has 0 fully saturated rings. The molecule has 5 nitrogen and oxygen atoms in total. The first kappa shape index (κ1) is 15.4. The molecule has 0 aliphatic heterocycles. The molecule has 0 radical (unpaired) electrons. The summed E-state index contributed by atoms with van der Waals surface area (Å²) in [5.74, 6) is 3.73. The van der Waals surface area contributed by atoms with Crippen molar-refractivity contribution in [1.82, 2.24) is 25.5 Å².